The first-order valence-corrected chi connectivity index (χ1v) is 5.40. The van der Waals surface area contributed by atoms with Crippen molar-refractivity contribution in [3.8, 4) is 12.3 Å². The second-order valence-electron chi connectivity index (χ2n) is 3.80. The van der Waals surface area contributed by atoms with Gasteiger partial charge in [0.25, 0.3) is 0 Å². The highest BCUT2D eigenvalue weighted by molar-refractivity contribution is 5.91. The zero-order valence-corrected chi connectivity index (χ0v) is 9.05. The van der Waals surface area contributed by atoms with Crippen molar-refractivity contribution in [1.82, 2.24) is 0 Å². The molecule has 0 aliphatic carbocycles. The van der Waals surface area contributed by atoms with E-state index in [0.717, 1.165) is 18.7 Å². The standard InChI is InChI=1S/C13H14N2O/c1-2-3-4-13(16)15-11-5-6-12-10(9-11)7-8-14-12/h1,5-6,9,14H,3-4,7-8H2,(H,15,16). The molecule has 16 heavy (non-hydrogen) atoms. The van der Waals surface area contributed by atoms with E-state index in [-0.39, 0.29) is 5.91 Å². The Kier molecular flexibility index (Phi) is 3.11. The third-order valence-electron chi connectivity index (χ3n) is 2.60. The molecule has 1 aliphatic rings. The molecule has 0 aromatic heterocycles. The number of hydrogen-bond acceptors (Lipinski definition) is 2. The van der Waals surface area contributed by atoms with E-state index in [0.29, 0.717) is 12.8 Å². The number of fused-ring (bicyclic) bond motifs is 1. The van der Waals surface area contributed by atoms with Gasteiger partial charge in [-0.1, -0.05) is 0 Å². The fourth-order valence-electron chi connectivity index (χ4n) is 1.79. The number of benzene rings is 1. The maximum atomic E-state index is 11.4. The Balaban J connectivity index is 2.00. The Morgan fingerprint density at radius 2 is 2.44 bits per heavy atom. The average Bonchev–Trinajstić information content (AvgIpc) is 2.73. The monoisotopic (exact) mass is 214 g/mol. The lowest BCUT2D eigenvalue weighted by molar-refractivity contribution is -0.116. The van der Waals surface area contributed by atoms with Crippen LogP contribution in [0.15, 0.2) is 18.2 Å². The van der Waals surface area contributed by atoms with Crippen molar-refractivity contribution in [3.05, 3.63) is 23.8 Å². The van der Waals surface area contributed by atoms with E-state index in [1.165, 1.54) is 11.3 Å². The summed E-state index contributed by atoms with van der Waals surface area (Å²) in [6.07, 6.45) is 6.99. The number of carbonyl (C=O) groups is 1. The van der Waals surface area contributed by atoms with Crippen LogP contribution in [0.25, 0.3) is 0 Å². The first kappa shape index (κ1) is 10.6. The van der Waals surface area contributed by atoms with Crippen LogP contribution in [0.2, 0.25) is 0 Å². The van der Waals surface area contributed by atoms with Crippen molar-refractivity contribution in [2.45, 2.75) is 19.3 Å². The molecule has 1 aromatic rings. The van der Waals surface area contributed by atoms with Gasteiger partial charge >= 0.3 is 0 Å². The highest BCUT2D eigenvalue weighted by Crippen LogP contribution is 2.25. The largest absolute Gasteiger partial charge is 0.384 e. The molecule has 0 fully saturated rings. The van der Waals surface area contributed by atoms with Gasteiger partial charge in [0.15, 0.2) is 0 Å². The zero-order chi connectivity index (χ0) is 11.4. The molecule has 0 bridgehead atoms. The van der Waals surface area contributed by atoms with Gasteiger partial charge in [-0.3, -0.25) is 4.79 Å². The van der Waals surface area contributed by atoms with Crippen LogP contribution in [0.3, 0.4) is 0 Å². The van der Waals surface area contributed by atoms with Crippen LogP contribution in [0.4, 0.5) is 11.4 Å². The fraction of sp³-hybridized carbons (Fsp3) is 0.308. The van der Waals surface area contributed by atoms with Gasteiger partial charge in [-0.15, -0.1) is 12.3 Å². The molecule has 3 nitrogen and oxygen atoms in total. The Morgan fingerprint density at radius 3 is 3.25 bits per heavy atom. The number of carbonyl (C=O) groups excluding carboxylic acids is 1. The van der Waals surface area contributed by atoms with Crippen molar-refractivity contribution in [3.63, 3.8) is 0 Å². The quantitative estimate of drug-likeness (QED) is 0.756. The molecule has 2 rings (SSSR count). The Labute approximate surface area is 95.2 Å². The Hall–Kier alpha value is -1.95. The van der Waals surface area contributed by atoms with Gasteiger partial charge in [-0.2, -0.15) is 0 Å². The predicted molar refractivity (Wildman–Crippen MR) is 65.3 cm³/mol. The zero-order valence-electron chi connectivity index (χ0n) is 9.05. The van der Waals surface area contributed by atoms with E-state index in [1.54, 1.807) is 0 Å². The van der Waals surface area contributed by atoms with Gasteiger partial charge in [0.05, 0.1) is 0 Å². The van der Waals surface area contributed by atoms with Crippen LogP contribution >= 0.6 is 0 Å². The minimum Gasteiger partial charge on any atom is -0.384 e. The van der Waals surface area contributed by atoms with Gasteiger partial charge < -0.3 is 10.6 Å². The third-order valence-corrected chi connectivity index (χ3v) is 2.60. The number of terminal acetylenes is 1. The Bertz CT molecular complexity index is 446. The lowest BCUT2D eigenvalue weighted by Gasteiger charge is -2.06. The fourth-order valence-corrected chi connectivity index (χ4v) is 1.79. The summed E-state index contributed by atoms with van der Waals surface area (Å²) in [4.78, 5) is 11.4. The van der Waals surface area contributed by atoms with Crippen LogP contribution in [-0.4, -0.2) is 12.5 Å². The highest BCUT2D eigenvalue weighted by atomic mass is 16.1. The average molecular weight is 214 g/mol. The molecule has 0 unspecified atom stereocenters. The van der Waals surface area contributed by atoms with Crippen LogP contribution < -0.4 is 10.6 Å². The molecule has 0 radical (unpaired) electrons. The number of rotatable bonds is 3. The molecule has 0 spiro atoms. The molecular weight excluding hydrogens is 200 g/mol. The van der Waals surface area contributed by atoms with E-state index in [9.17, 15) is 4.79 Å². The first-order valence-electron chi connectivity index (χ1n) is 5.40. The molecule has 1 heterocycles. The maximum absolute atomic E-state index is 11.4. The second-order valence-corrected chi connectivity index (χ2v) is 3.80. The minimum atomic E-state index is -0.0242. The van der Waals surface area contributed by atoms with Crippen LogP contribution in [-0.2, 0) is 11.2 Å². The SMILES string of the molecule is C#CCCC(=O)Nc1ccc2c(c1)CCN2. The van der Waals surface area contributed by atoms with E-state index >= 15 is 0 Å². The molecule has 0 atom stereocenters. The smallest absolute Gasteiger partial charge is 0.225 e. The van der Waals surface area contributed by atoms with E-state index in [1.807, 2.05) is 18.2 Å². The molecule has 0 saturated heterocycles. The normalized spacial score (nSPS) is 12.4. The highest BCUT2D eigenvalue weighted by Gasteiger charge is 2.10. The summed E-state index contributed by atoms with van der Waals surface area (Å²) in [7, 11) is 0. The van der Waals surface area contributed by atoms with E-state index in [4.69, 9.17) is 6.42 Å². The predicted octanol–water partition coefficient (Wildman–Crippen LogP) is 2.01. The van der Waals surface area contributed by atoms with E-state index in [2.05, 4.69) is 16.6 Å². The summed E-state index contributed by atoms with van der Waals surface area (Å²) >= 11 is 0. The third kappa shape index (κ3) is 2.34. The van der Waals surface area contributed by atoms with Gasteiger partial charge in [0.2, 0.25) is 5.91 Å². The Morgan fingerprint density at radius 1 is 1.56 bits per heavy atom. The molecule has 2 N–H and O–H groups in total. The molecule has 0 saturated carbocycles. The summed E-state index contributed by atoms with van der Waals surface area (Å²) in [6.45, 7) is 0.976. The molecule has 3 heteroatoms. The molecule has 1 amide bonds. The summed E-state index contributed by atoms with van der Waals surface area (Å²) in [6, 6.07) is 5.92. The van der Waals surface area contributed by atoms with Crippen molar-refractivity contribution < 1.29 is 4.79 Å². The number of amides is 1. The van der Waals surface area contributed by atoms with Crippen molar-refractivity contribution in [2.75, 3.05) is 17.2 Å². The van der Waals surface area contributed by atoms with Gasteiger partial charge in [-0.25, -0.2) is 0 Å². The van der Waals surface area contributed by atoms with Gasteiger partial charge in [0.1, 0.15) is 0 Å². The molecule has 1 aliphatic heterocycles. The summed E-state index contributed by atoms with van der Waals surface area (Å²) in [5.41, 5.74) is 3.28. The van der Waals surface area contributed by atoms with Crippen molar-refractivity contribution in [1.29, 1.82) is 0 Å². The second kappa shape index (κ2) is 4.71. The van der Waals surface area contributed by atoms with Crippen LogP contribution in [0, 0.1) is 12.3 Å². The molecule has 82 valence electrons. The van der Waals surface area contributed by atoms with E-state index < -0.39 is 0 Å². The van der Waals surface area contributed by atoms with Crippen LogP contribution in [0.1, 0.15) is 18.4 Å². The maximum Gasteiger partial charge on any atom is 0.225 e. The number of anilines is 2. The minimum absolute atomic E-state index is 0.0242. The van der Waals surface area contributed by atoms with Gasteiger partial charge in [-0.05, 0) is 30.2 Å². The summed E-state index contributed by atoms with van der Waals surface area (Å²) < 4.78 is 0. The van der Waals surface area contributed by atoms with Crippen molar-refractivity contribution in [2.24, 2.45) is 0 Å². The lowest BCUT2D eigenvalue weighted by atomic mass is 10.1. The first-order chi connectivity index (χ1) is 7.79. The molecule has 1 aromatic carbocycles. The van der Waals surface area contributed by atoms with Gasteiger partial charge in [0, 0.05) is 30.8 Å². The topological polar surface area (TPSA) is 41.1 Å². The lowest BCUT2D eigenvalue weighted by Crippen LogP contribution is -2.10. The molecular formula is C13H14N2O. The van der Waals surface area contributed by atoms with Crippen LogP contribution in [0.5, 0.6) is 0 Å². The van der Waals surface area contributed by atoms with Crippen molar-refractivity contribution >= 4 is 17.3 Å². The number of hydrogen-bond donors (Lipinski definition) is 2. The summed E-state index contributed by atoms with van der Waals surface area (Å²) in [5.74, 6) is 2.43. The number of nitrogens with one attached hydrogen (secondary N) is 2. The summed E-state index contributed by atoms with van der Waals surface area (Å²) in [5, 5.41) is 6.12.